The lowest BCUT2D eigenvalue weighted by Crippen LogP contribution is -2.22. The molecule has 1 atom stereocenters. The minimum absolute atomic E-state index is 0.0452. The molecule has 2 aromatic rings. The van der Waals surface area contributed by atoms with Crippen LogP contribution in [-0.4, -0.2) is 62.3 Å². The number of anilines is 1. The van der Waals surface area contributed by atoms with Gasteiger partial charge in [-0.05, 0) is 54.8 Å². The Bertz CT molecular complexity index is 800. The van der Waals surface area contributed by atoms with E-state index in [1.54, 1.807) is 12.1 Å². The lowest BCUT2D eigenvalue weighted by atomic mass is 10.1. The van der Waals surface area contributed by atoms with Crippen molar-refractivity contribution in [1.82, 2.24) is 5.32 Å². The summed E-state index contributed by atoms with van der Waals surface area (Å²) in [5.74, 6) is 0.0452. The fraction of sp³-hybridized carbons (Fsp3) is 0.538. The first-order valence-corrected chi connectivity index (χ1v) is 11.7. The van der Waals surface area contributed by atoms with Gasteiger partial charge in [0.25, 0.3) is 0 Å². The van der Waals surface area contributed by atoms with Crippen molar-refractivity contribution in [3.63, 3.8) is 0 Å². The van der Waals surface area contributed by atoms with Crippen LogP contribution in [0.3, 0.4) is 0 Å². The first kappa shape index (κ1) is 27.1. The highest BCUT2D eigenvalue weighted by atomic mass is 16.5. The molecule has 2 rings (SSSR count). The number of rotatable bonds is 17. The highest BCUT2D eigenvalue weighted by Gasteiger charge is 2.09. The van der Waals surface area contributed by atoms with Crippen LogP contribution >= 0.6 is 0 Å². The highest BCUT2D eigenvalue weighted by Crippen LogP contribution is 2.22. The fourth-order valence-electron chi connectivity index (χ4n) is 3.44. The molecule has 7 heteroatoms. The quantitative estimate of drug-likeness (QED) is 0.269. The normalized spacial score (nSPS) is 12.1. The number of aromatic hydroxyl groups is 1. The molecule has 0 saturated heterocycles. The van der Waals surface area contributed by atoms with Crippen LogP contribution in [0.15, 0.2) is 42.5 Å². The van der Waals surface area contributed by atoms with E-state index in [2.05, 4.69) is 28.4 Å². The third-order valence-corrected chi connectivity index (χ3v) is 5.46. The molecule has 0 aliphatic carbocycles. The average Bonchev–Trinajstić information content (AvgIpc) is 2.82. The zero-order valence-corrected chi connectivity index (χ0v) is 20.0. The number of nitrogens with one attached hydrogen (secondary N) is 1. The van der Waals surface area contributed by atoms with Gasteiger partial charge in [-0.2, -0.15) is 0 Å². The second-order valence-corrected chi connectivity index (χ2v) is 8.41. The Morgan fingerprint density at radius 3 is 2.52 bits per heavy atom. The van der Waals surface area contributed by atoms with Gasteiger partial charge in [0.05, 0.1) is 32.5 Å². The maximum absolute atomic E-state index is 10.2. The van der Waals surface area contributed by atoms with Crippen molar-refractivity contribution in [2.75, 3.05) is 51.9 Å². The first-order valence-electron chi connectivity index (χ1n) is 11.7. The van der Waals surface area contributed by atoms with Crippen LogP contribution in [0, 0.1) is 0 Å². The van der Waals surface area contributed by atoms with Crippen LogP contribution in [-0.2, 0) is 22.7 Å². The van der Waals surface area contributed by atoms with Gasteiger partial charge in [0, 0.05) is 38.5 Å². The molecule has 2 aromatic carbocycles. The van der Waals surface area contributed by atoms with Crippen LogP contribution in [0.25, 0.3) is 0 Å². The molecule has 0 aliphatic rings. The number of phenols is 1. The molecule has 0 amide bonds. The Morgan fingerprint density at radius 2 is 1.73 bits per heavy atom. The van der Waals surface area contributed by atoms with Gasteiger partial charge in [-0.3, -0.25) is 0 Å². The Balaban J connectivity index is 1.41. The Morgan fingerprint density at radius 1 is 0.939 bits per heavy atom. The third kappa shape index (κ3) is 10.5. The molecule has 0 saturated carbocycles. The summed E-state index contributed by atoms with van der Waals surface area (Å²) in [6.45, 7) is 3.59. The van der Waals surface area contributed by atoms with E-state index < -0.39 is 6.10 Å². The lowest BCUT2D eigenvalue weighted by Gasteiger charge is -2.14. The van der Waals surface area contributed by atoms with Gasteiger partial charge in [-0.15, -0.1) is 0 Å². The maximum atomic E-state index is 10.2. The van der Waals surface area contributed by atoms with Crippen LogP contribution in [0.1, 0.15) is 48.5 Å². The van der Waals surface area contributed by atoms with Crippen LogP contribution in [0.2, 0.25) is 0 Å². The molecule has 0 spiro atoms. The lowest BCUT2D eigenvalue weighted by molar-refractivity contribution is 0.0393. The van der Waals surface area contributed by atoms with Gasteiger partial charge in [0.1, 0.15) is 5.75 Å². The van der Waals surface area contributed by atoms with E-state index in [9.17, 15) is 15.3 Å². The van der Waals surface area contributed by atoms with Gasteiger partial charge >= 0.3 is 0 Å². The fourth-order valence-corrected chi connectivity index (χ4v) is 3.44. The van der Waals surface area contributed by atoms with Gasteiger partial charge in [-0.25, -0.2) is 0 Å². The summed E-state index contributed by atoms with van der Waals surface area (Å²) in [5, 5.41) is 32.3. The summed E-state index contributed by atoms with van der Waals surface area (Å²) < 4.78 is 11.4. The topological polar surface area (TPSA) is 94.4 Å². The number of benzene rings is 2. The van der Waals surface area contributed by atoms with Gasteiger partial charge in [0.2, 0.25) is 0 Å². The number of ether oxygens (including phenoxy) is 2. The Kier molecular flexibility index (Phi) is 12.8. The molecule has 0 bridgehead atoms. The van der Waals surface area contributed by atoms with E-state index in [4.69, 9.17) is 9.47 Å². The molecule has 4 N–H and O–H groups in total. The van der Waals surface area contributed by atoms with Crippen molar-refractivity contribution >= 4 is 5.69 Å². The van der Waals surface area contributed by atoms with E-state index in [0.717, 1.165) is 38.8 Å². The summed E-state index contributed by atoms with van der Waals surface area (Å²) >= 11 is 0. The second-order valence-electron chi connectivity index (χ2n) is 8.41. The standard InChI is InChI=1S/C26H40N2O5/c1-28(2)24-9-7-8-21(16-24)20-33-15-14-32-13-6-4-3-5-12-27-18-26(31)22-10-11-25(30)23(17-22)19-29/h7-11,16-17,26-27,29-31H,3-6,12-15,18-20H2,1-2H3. The Labute approximate surface area is 198 Å². The van der Waals surface area contributed by atoms with Crippen molar-refractivity contribution in [2.24, 2.45) is 0 Å². The number of unbranched alkanes of at least 4 members (excludes halogenated alkanes) is 3. The summed E-state index contributed by atoms with van der Waals surface area (Å²) in [6.07, 6.45) is 3.63. The highest BCUT2D eigenvalue weighted by molar-refractivity contribution is 5.46. The molecule has 0 fully saturated rings. The molecule has 1 unspecified atom stereocenters. The van der Waals surface area contributed by atoms with Gasteiger partial charge < -0.3 is 35.0 Å². The number of aliphatic hydroxyl groups is 2. The average molecular weight is 461 g/mol. The van der Waals surface area contributed by atoms with E-state index >= 15 is 0 Å². The van der Waals surface area contributed by atoms with Crippen LogP contribution in [0.5, 0.6) is 5.75 Å². The van der Waals surface area contributed by atoms with Crippen molar-refractivity contribution in [3.05, 3.63) is 59.2 Å². The minimum atomic E-state index is -0.663. The van der Waals surface area contributed by atoms with E-state index in [1.807, 2.05) is 20.2 Å². The predicted octanol–water partition coefficient (Wildman–Crippen LogP) is 3.37. The molecule has 33 heavy (non-hydrogen) atoms. The maximum Gasteiger partial charge on any atom is 0.121 e. The molecule has 0 radical (unpaired) electrons. The summed E-state index contributed by atoms with van der Waals surface area (Å²) in [5.41, 5.74) is 3.45. The van der Waals surface area contributed by atoms with Crippen LogP contribution < -0.4 is 10.2 Å². The van der Waals surface area contributed by atoms with Gasteiger partial charge in [-0.1, -0.05) is 31.0 Å². The van der Waals surface area contributed by atoms with Crippen molar-refractivity contribution < 1.29 is 24.8 Å². The van der Waals surface area contributed by atoms with Crippen molar-refractivity contribution in [3.8, 4) is 5.75 Å². The molecular weight excluding hydrogens is 420 g/mol. The zero-order chi connectivity index (χ0) is 23.9. The van der Waals surface area contributed by atoms with E-state index in [0.29, 0.717) is 37.5 Å². The molecule has 7 nitrogen and oxygen atoms in total. The molecular formula is C26H40N2O5. The number of aliphatic hydroxyl groups excluding tert-OH is 2. The van der Waals surface area contributed by atoms with Crippen molar-refractivity contribution in [1.29, 1.82) is 0 Å². The molecule has 0 heterocycles. The number of hydrogen-bond acceptors (Lipinski definition) is 7. The second kappa shape index (κ2) is 15.6. The smallest absolute Gasteiger partial charge is 0.121 e. The Hall–Kier alpha value is -2.16. The molecule has 0 aliphatic heterocycles. The zero-order valence-electron chi connectivity index (χ0n) is 20.0. The number of hydrogen-bond donors (Lipinski definition) is 4. The molecule has 0 aromatic heterocycles. The minimum Gasteiger partial charge on any atom is -0.508 e. The third-order valence-electron chi connectivity index (χ3n) is 5.46. The first-order chi connectivity index (χ1) is 16.0. The summed E-state index contributed by atoms with van der Waals surface area (Å²) in [7, 11) is 4.06. The van der Waals surface area contributed by atoms with E-state index in [-0.39, 0.29) is 12.4 Å². The monoisotopic (exact) mass is 460 g/mol. The van der Waals surface area contributed by atoms with Gasteiger partial charge in [0.15, 0.2) is 0 Å². The predicted molar refractivity (Wildman–Crippen MR) is 132 cm³/mol. The van der Waals surface area contributed by atoms with Crippen LogP contribution in [0.4, 0.5) is 5.69 Å². The molecule has 184 valence electrons. The summed E-state index contributed by atoms with van der Waals surface area (Å²) in [4.78, 5) is 2.08. The van der Waals surface area contributed by atoms with E-state index in [1.165, 1.54) is 17.3 Å². The largest absolute Gasteiger partial charge is 0.508 e. The SMILES string of the molecule is CN(C)c1cccc(COCCOCCCCCCNCC(O)c2ccc(O)c(CO)c2)c1. The summed E-state index contributed by atoms with van der Waals surface area (Å²) in [6, 6.07) is 13.1. The number of nitrogens with zero attached hydrogens (tertiary/aromatic N) is 1. The van der Waals surface area contributed by atoms with Crippen molar-refractivity contribution in [2.45, 2.75) is 45.0 Å².